The molecule has 102 valence electrons. The Labute approximate surface area is 116 Å². The number of sulfonamides is 1. The summed E-state index contributed by atoms with van der Waals surface area (Å²) in [5.74, 6) is 0.180. The number of nitrogens with one attached hydrogen (secondary N) is 1. The highest BCUT2D eigenvalue weighted by molar-refractivity contribution is 7.92. The summed E-state index contributed by atoms with van der Waals surface area (Å²) in [5, 5.41) is 8.79. The lowest BCUT2D eigenvalue weighted by atomic mass is 10.2. The number of hydrogen-bond donors (Lipinski definition) is 2. The number of pyridine rings is 1. The Morgan fingerprint density at radius 3 is 2.75 bits per heavy atom. The number of benzene rings is 1. The van der Waals surface area contributed by atoms with E-state index in [1.54, 1.807) is 13.0 Å². The van der Waals surface area contributed by atoms with Gasteiger partial charge in [-0.2, -0.15) is 5.26 Å². The monoisotopic (exact) mass is 288 g/mol. The number of anilines is 2. The molecule has 0 radical (unpaired) electrons. The van der Waals surface area contributed by atoms with Gasteiger partial charge < -0.3 is 5.73 Å². The van der Waals surface area contributed by atoms with E-state index in [9.17, 15) is 8.42 Å². The molecular weight excluding hydrogens is 276 g/mol. The van der Waals surface area contributed by atoms with Crippen molar-refractivity contribution >= 4 is 21.5 Å². The number of rotatable bonds is 3. The Bertz CT molecular complexity index is 794. The largest absolute Gasteiger partial charge is 0.397 e. The summed E-state index contributed by atoms with van der Waals surface area (Å²) < 4.78 is 26.7. The highest BCUT2D eigenvalue weighted by Crippen LogP contribution is 2.18. The third kappa shape index (κ3) is 2.87. The summed E-state index contributed by atoms with van der Waals surface area (Å²) in [7, 11) is -3.78. The summed E-state index contributed by atoms with van der Waals surface area (Å²) in [6, 6.07) is 9.19. The molecule has 0 amide bonds. The molecule has 0 saturated carbocycles. The first-order valence-corrected chi connectivity index (χ1v) is 7.16. The van der Waals surface area contributed by atoms with Gasteiger partial charge in [-0.25, -0.2) is 13.4 Å². The maximum Gasteiger partial charge on any atom is 0.263 e. The molecule has 0 aliphatic carbocycles. The molecule has 0 aliphatic heterocycles. The van der Waals surface area contributed by atoms with E-state index in [0.717, 1.165) is 5.56 Å². The van der Waals surface area contributed by atoms with Crippen molar-refractivity contribution in [3.8, 4) is 6.07 Å². The van der Waals surface area contributed by atoms with E-state index in [1.165, 1.54) is 30.5 Å². The second kappa shape index (κ2) is 5.19. The Balaban J connectivity index is 2.35. The van der Waals surface area contributed by atoms with Gasteiger partial charge in [0.1, 0.15) is 5.82 Å². The van der Waals surface area contributed by atoms with Crippen molar-refractivity contribution in [1.82, 2.24) is 4.98 Å². The summed E-state index contributed by atoms with van der Waals surface area (Å²) in [4.78, 5) is 3.92. The molecule has 6 nitrogen and oxygen atoms in total. The van der Waals surface area contributed by atoms with Crippen molar-refractivity contribution in [2.24, 2.45) is 0 Å². The van der Waals surface area contributed by atoms with Crippen LogP contribution < -0.4 is 10.5 Å². The van der Waals surface area contributed by atoms with Gasteiger partial charge in [-0.05, 0) is 36.8 Å². The van der Waals surface area contributed by atoms with Gasteiger partial charge in [0.2, 0.25) is 0 Å². The molecule has 0 atom stereocenters. The Morgan fingerprint density at radius 1 is 1.35 bits per heavy atom. The summed E-state index contributed by atoms with van der Waals surface area (Å²) in [6.07, 6.45) is 1.39. The Kier molecular flexibility index (Phi) is 3.59. The zero-order valence-corrected chi connectivity index (χ0v) is 11.5. The predicted molar refractivity (Wildman–Crippen MR) is 75.4 cm³/mol. The maximum absolute atomic E-state index is 12.2. The number of hydrogen-bond acceptors (Lipinski definition) is 5. The topological polar surface area (TPSA) is 109 Å². The number of nitrogens with two attached hydrogens (primary N) is 1. The minimum atomic E-state index is -3.78. The second-order valence-electron chi connectivity index (χ2n) is 4.17. The first-order valence-electron chi connectivity index (χ1n) is 5.67. The zero-order valence-electron chi connectivity index (χ0n) is 10.7. The van der Waals surface area contributed by atoms with E-state index < -0.39 is 10.0 Å². The number of nitrogens with zero attached hydrogens (tertiary/aromatic N) is 2. The fourth-order valence-electron chi connectivity index (χ4n) is 1.55. The molecule has 2 aromatic rings. The van der Waals surface area contributed by atoms with E-state index >= 15 is 0 Å². The number of nitrogen functional groups attached to an aromatic ring is 1. The molecule has 0 saturated heterocycles. The van der Waals surface area contributed by atoms with Crippen LogP contribution in [0.5, 0.6) is 0 Å². The maximum atomic E-state index is 12.2. The van der Waals surface area contributed by atoms with Crippen LogP contribution in [0.25, 0.3) is 0 Å². The lowest BCUT2D eigenvalue weighted by Gasteiger charge is -2.09. The lowest BCUT2D eigenvalue weighted by Crippen LogP contribution is -2.14. The highest BCUT2D eigenvalue weighted by Gasteiger charge is 2.15. The van der Waals surface area contributed by atoms with Crippen molar-refractivity contribution in [2.75, 3.05) is 10.5 Å². The standard InChI is InChI=1S/C13H12N4O2S/c1-9-5-13(16-8-12(9)15)17-20(18,19)11-4-2-3-10(6-11)7-14/h2-6,8H,15H2,1H3,(H,16,17). The number of nitriles is 1. The van der Waals surface area contributed by atoms with Crippen LogP contribution in [-0.4, -0.2) is 13.4 Å². The van der Waals surface area contributed by atoms with Gasteiger partial charge in [-0.3, -0.25) is 4.72 Å². The van der Waals surface area contributed by atoms with E-state index in [-0.39, 0.29) is 16.3 Å². The van der Waals surface area contributed by atoms with Crippen LogP contribution in [0.3, 0.4) is 0 Å². The first-order chi connectivity index (χ1) is 9.42. The molecule has 0 bridgehead atoms. The molecule has 0 fully saturated rings. The fraction of sp³-hybridized carbons (Fsp3) is 0.0769. The van der Waals surface area contributed by atoms with E-state index in [0.29, 0.717) is 5.69 Å². The van der Waals surface area contributed by atoms with Crippen LogP contribution >= 0.6 is 0 Å². The Morgan fingerprint density at radius 2 is 2.10 bits per heavy atom. The molecule has 0 aliphatic rings. The van der Waals surface area contributed by atoms with Crippen molar-refractivity contribution in [3.63, 3.8) is 0 Å². The van der Waals surface area contributed by atoms with Crippen LogP contribution in [0.15, 0.2) is 41.4 Å². The molecule has 1 heterocycles. The van der Waals surface area contributed by atoms with Crippen molar-refractivity contribution < 1.29 is 8.42 Å². The molecule has 2 rings (SSSR count). The highest BCUT2D eigenvalue weighted by atomic mass is 32.2. The minimum Gasteiger partial charge on any atom is -0.397 e. The van der Waals surface area contributed by atoms with Gasteiger partial charge in [-0.15, -0.1) is 0 Å². The van der Waals surface area contributed by atoms with Crippen molar-refractivity contribution in [1.29, 1.82) is 5.26 Å². The third-order valence-electron chi connectivity index (χ3n) is 2.66. The van der Waals surface area contributed by atoms with Crippen LogP contribution in [0.2, 0.25) is 0 Å². The summed E-state index contributed by atoms with van der Waals surface area (Å²) >= 11 is 0. The fourth-order valence-corrected chi connectivity index (χ4v) is 2.60. The van der Waals surface area contributed by atoms with Crippen LogP contribution in [-0.2, 0) is 10.0 Å². The van der Waals surface area contributed by atoms with Gasteiger partial charge in [0.15, 0.2) is 0 Å². The molecule has 1 aromatic carbocycles. The SMILES string of the molecule is Cc1cc(NS(=O)(=O)c2cccc(C#N)c2)ncc1N. The van der Waals surface area contributed by atoms with Crippen molar-refractivity contribution in [2.45, 2.75) is 11.8 Å². The van der Waals surface area contributed by atoms with Gasteiger partial charge >= 0.3 is 0 Å². The molecule has 0 unspecified atom stereocenters. The quantitative estimate of drug-likeness (QED) is 0.892. The van der Waals surface area contributed by atoms with Crippen LogP contribution in [0, 0.1) is 18.3 Å². The normalized spacial score (nSPS) is 10.8. The second-order valence-corrected chi connectivity index (χ2v) is 5.85. The average Bonchev–Trinajstić information content (AvgIpc) is 2.43. The first kappa shape index (κ1) is 13.8. The zero-order chi connectivity index (χ0) is 14.8. The summed E-state index contributed by atoms with van der Waals surface area (Å²) in [6.45, 7) is 1.76. The predicted octanol–water partition coefficient (Wildman–Crippen LogP) is 1.64. The molecule has 7 heteroatoms. The summed E-state index contributed by atoms with van der Waals surface area (Å²) in [5.41, 5.74) is 7.11. The van der Waals surface area contributed by atoms with Gasteiger partial charge in [0.25, 0.3) is 10.0 Å². The van der Waals surface area contributed by atoms with E-state index in [4.69, 9.17) is 11.0 Å². The Hall–Kier alpha value is -2.59. The van der Waals surface area contributed by atoms with Crippen molar-refractivity contribution in [3.05, 3.63) is 47.7 Å². The molecule has 0 spiro atoms. The molecule has 3 N–H and O–H groups in total. The third-order valence-corrected chi connectivity index (χ3v) is 4.02. The molecule has 1 aromatic heterocycles. The molecule has 20 heavy (non-hydrogen) atoms. The average molecular weight is 288 g/mol. The molecular formula is C13H12N4O2S. The smallest absolute Gasteiger partial charge is 0.263 e. The van der Waals surface area contributed by atoms with Crippen LogP contribution in [0.4, 0.5) is 11.5 Å². The lowest BCUT2D eigenvalue weighted by molar-refractivity contribution is 0.601. The van der Waals surface area contributed by atoms with E-state index in [1.807, 2.05) is 6.07 Å². The van der Waals surface area contributed by atoms with Crippen LogP contribution in [0.1, 0.15) is 11.1 Å². The van der Waals surface area contributed by atoms with E-state index in [2.05, 4.69) is 9.71 Å². The number of aryl methyl sites for hydroxylation is 1. The van der Waals surface area contributed by atoms with Gasteiger partial charge in [-0.1, -0.05) is 6.07 Å². The minimum absolute atomic E-state index is 0.00725. The van der Waals surface area contributed by atoms with Gasteiger partial charge in [0, 0.05) is 0 Å². The van der Waals surface area contributed by atoms with Gasteiger partial charge in [0.05, 0.1) is 28.4 Å². The number of aromatic nitrogens is 1.